The average Bonchev–Trinajstić information content (AvgIpc) is 2.94. The van der Waals surface area contributed by atoms with Crippen LogP contribution < -0.4 is 0 Å². The quantitative estimate of drug-likeness (QED) is 0.301. The Labute approximate surface area is 228 Å². The van der Waals surface area contributed by atoms with E-state index in [0.717, 1.165) is 67.4 Å². The van der Waals surface area contributed by atoms with Gasteiger partial charge < -0.3 is 0 Å². The van der Waals surface area contributed by atoms with Crippen molar-refractivity contribution in [2.45, 2.75) is 127 Å². The molecule has 0 aliphatic heterocycles. The van der Waals surface area contributed by atoms with E-state index in [4.69, 9.17) is 0 Å². The number of hydrogen-bond acceptors (Lipinski definition) is 0. The minimum absolute atomic E-state index is 0.0615. The van der Waals surface area contributed by atoms with Crippen LogP contribution in [0.5, 0.6) is 0 Å². The monoisotopic (exact) mass is 524 g/mol. The van der Waals surface area contributed by atoms with Crippen molar-refractivity contribution < 1.29 is 13.2 Å². The first-order valence-corrected chi connectivity index (χ1v) is 15.8. The highest BCUT2D eigenvalue weighted by Gasteiger charge is 2.33. The molecule has 0 heterocycles. The lowest BCUT2D eigenvalue weighted by molar-refractivity contribution is 0.155. The molecule has 38 heavy (non-hydrogen) atoms. The second-order valence-electron chi connectivity index (χ2n) is 12.9. The van der Waals surface area contributed by atoms with Crippen molar-refractivity contribution in [3.05, 3.63) is 70.5 Å². The SMILES string of the molecule is CCCCCC1CCC(C2CCC(c3cc(F)c(C4CCC(c5ccc(F)cc5)CC4)c(F)c3)CC2)CC1. The second kappa shape index (κ2) is 13.1. The summed E-state index contributed by atoms with van der Waals surface area (Å²) < 4.78 is 44.0. The zero-order chi connectivity index (χ0) is 26.5. The molecule has 0 unspecified atom stereocenters. The predicted molar refractivity (Wildman–Crippen MR) is 151 cm³/mol. The van der Waals surface area contributed by atoms with Crippen LogP contribution in [0.1, 0.15) is 144 Å². The molecule has 0 bridgehead atoms. The lowest BCUT2D eigenvalue weighted by Crippen LogP contribution is -2.25. The van der Waals surface area contributed by atoms with Crippen molar-refractivity contribution in [3.8, 4) is 0 Å². The first-order valence-electron chi connectivity index (χ1n) is 15.8. The van der Waals surface area contributed by atoms with Crippen molar-refractivity contribution in [1.29, 1.82) is 0 Å². The van der Waals surface area contributed by atoms with Gasteiger partial charge in [-0.15, -0.1) is 0 Å². The fourth-order valence-corrected chi connectivity index (χ4v) is 8.24. The summed E-state index contributed by atoms with van der Waals surface area (Å²) in [5.41, 5.74) is 2.31. The van der Waals surface area contributed by atoms with E-state index in [1.165, 1.54) is 76.3 Å². The zero-order valence-electron chi connectivity index (χ0n) is 23.4. The Morgan fingerprint density at radius 3 is 1.66 bits per heavy atom. The van der Waals surface area contributed by atoms with Crippen LogP contribution in [0.25, 0.3) is 0 Å². The summed E-state index contributed by atoms with van der Waals surface area (Å²) in [6.07, 6.45) is 19.1. The van der Waals surface area contributed by atoms with E-state index < -0.39 is 0 Å². The molecule has 2 aromatic rings. The minimum Gasteiger partial charge on any atom is -0.207 e. The molecule has 0 N–H and O–H groups in total. The molecule has 3 fully saturated rings. The third-order valence-corrected chi connectivity index (χ3v) is 10.6. The van der Waals surface area contributed by atoms with Gasteiger partial charge in [-0.1, -0.05) is 57.6 Å². The van der Waals surface area contributed by atoms with Crippen LogP contribution in [0.15, 0.2) is 36.4 Å². The number of benzene rings is 2. The number of hydrogen-bond donors (Lipinski definition) is 0. The van der Waals surface area contributed by atoms with Gasteiger partial charge in [0, 0.05) is 5.56 Å². The van der Waals surface area contributed by atoms with Crippen LogP contribution in [0.2, 0.25) is 0 Å². The van der Waals surface area contributed by atoms with Gasteiger partial charge in [0.25, 0.3) is 0 Å². The molecular weight excluding hydrogens is 477 g/mol. The molecule has 0 saturated heterocycles. The van der Waals surface area contributed by atoms with E-state index in [-0.39, 0.29) is 23.4 Å². The van der Waals surface area contributed by atoms with Crippen LogP contribution >= 0.6 is 0 Å². The van der Waals surface area contributed by atoms with Gasteiger partial charge in [0.15, 0.2) is 0 Å². The summed E-state index contributed by atoms with van der Waals surface area (Å²) in [5.74, 6) is 2.33. The summed E-state index contributed by atoms with van der Waals surface area (Å²) in [4.78, 5) is 0. The number of rotatable bonds is 8. The van der Waals surface area contributed by atoms with Crippen molar-refractivity contribution in [1.82, 2.24) is 0 Å². The fraction of sp³-hybridized carbons (Fsp3) is 0.657. The van der Waals surface area contributed by atoms with Gasteiger partial charge in [0.05, 0.1) is 0 Å². The van der Waals surface area contributed by atoms with Crippen molar-refractivity contribution in [2.75, 3.05) is 0 Å². The van der Waals surface area contributed by atoms with Crippen LogP contribution in [0, 0.1) is 35.2 Å². The Bertz CT molecular complexity index is 981. The third kappa shape index (κ3) is 6.68. The maximum atomic E-state index is 15.3. The van der Waals surface area contributed by atoms with E-state index in [1.807, 2.05) is 12.1 Å². The van der Waals surface area contributed by atoms with Gasteiger partial charge in [0.2, 0.25) is 0 Å². The highest BCUT2D eigenvalue weighted by Crippen LogP contribution is 2.46. The van der Waals surface area contributed by atoms with Crippen molar-refractivity contribution in [2.24, 2.45) is 17.8 Å². The normalized spacial score (nSPS) is 30.3. The Hall–Kier alpha value is -1.77. The summed E-state index contributed by atoms with van der Waals surface area (Å²) in [5, 5.41) is 0. The maximum Gasteiger partial charge on any atom is 0.129 e. The molecule has 208 valence electrons. The van der Waals surface area contributed by atoms with E-state index in [1.54, 1.807) is 12.1 Å². The first-order chi connectivity index (χ1) is 18.5. The van der Waals surface area contributed by atoms with Gasteiger partial charge in [-0.3, -0.25) is 0 Å². The largest absolute Gasteiger partial charge is 0.207 e. The molecule has 5 rings (SSSR count). The topological polar surface area (TPSA) is 0 Å². The molecule has 3 aliphatic rings. The lowest BCUT2D eigenvalue weighted by Gasteiger charge is -2.38. The van der Waals surface area contributed by atoms with Gasteiger partial charge in [-0.05, 0) is 135 Å². The fourth-order valence-electron chi connectivity index (χ4n) is 8.24. The van der Waals surface area contributed by atoms with Crippen LogP contribution in [0.3, 0.4) is 0 Å². The molecule has 0 spiro atoms. The molecule has 3 heteroatoms. The number of unbranched alkanes of at least 4 members (excludes halogenated alkanes) is 2. The highest BCUT2D eigenvalue weighted by atomic mass is 19.1. The molecule has 0 atom stereocenters. The van der Waals surface area contributed by atoms with Gasteiger partial charge in [-0.2, -0.15) is 0 Å². The second-order valence-corrected chi connectivity index (χ2v) is 12.9. The molecule has 2 aromatic carbocycles. The molecule has 0 radical (unpaired) electrons. The summed E-state index contributed by atoms with van der Waals surface area (Å²) in [6.45, 7) is 2.29. The maximum absolute atomic E-state index is 15.3. The predicted octanol–water partition coefficient (Wildman–Crippen LogP) is 11.2. The molecule has 0 nitrogen and oxygen atoms in total. The van der Waals surface area contributed by atoms with Crippen LogP contribution in [0.4, 0.5) is 13.2 Å². The minimum atomic E-state index is -0.339. The first kappa shape index (κ1) is 27.8. The van der Waals surface area contributed by atoms with Crippen LogP contribution in [-0.4, -0.2) is 0 Å². The molecular formula is C35H47F3. The zero-order valence-corrected chi connectivity index (χ0v) is 23.4. The Kier molecular flexibility index (Phi) is 9.55. The third-order valence-electron chi connectivity index (χ3n) is 10.6. The summed E-state index contributed by atoms with van der Waals surface area (Å²) in [7, 11) is 0. The van der Waals surface area contributed by atoms with E-state index in [9.17, 15) is 4.39 Å². The van der Waals surface area contributed by atoms with Gasteiger partial charge in [0.1, 0.15) is 17.5 Å². The van der Waals surface area contributed by atoms with Crippen molar-refractivity contribution >= 4 is 0 Å². The Morgan fingerprint density at radius 1 is 0.579 bits per heavy atom. The molecule has 0 amide bonds. The molecule has 3 aliphatic carbocycles. The van der Waals surface area contributed by atoms with Gasteiger partial charge in [-0.25, -0.2) is 13.2 Å². The standard InChI is InChI=1S/C35H47F3/c1-2-3-4-5-24-6-8-25(9-7-24)26-10-12-29(13-11-26)31-22-33(37)35(34(38)23-31)30-16-14-27(15-17-30)28-18-20-32(36)21-19-28/h18-27,29-30H,2-17H2,1H3. The molecule has 0 aromatic heterocycles. The lowest BCUT2D eigenvalue weighted by atomic mass is 9.68. The molecule has 3 saturated carbocycles. The van der Waals surface area contributed by atoms with E-state index in [0.29, 0.717) is 17.4 Å². The summed E-state index contributed by atoms with van der Waals surface area (Å²) >= 11 is 0. The van der Waals surface area contributed by atoms with Gasteiger partial charge >= 0.3 is 0 Å². The van der Waals surface area contributed by atoms with E-state index >= 15 is 8.78 Å². The average molecular weight is 525 g/mol. The van der Waals surface area contributed by atoms with Crippen molar-refractivity contribution in [3.63, 3.8) is 0 Å². The number of halogens is 3. The Morgan fingerprint density at radius 2 is 1.08 bits per heavy atom. The summed E-state index contributed by atoms with van der Waals surface area (Å²) in [6, 6.07) is 10.0. The smallest absolute Gasteiger partial charge is 0.129 e. The Balaban J connectivity index is 1.12. The van der Waals surface area contributed by atoms with E-state index in [2.05, 4.69) is 6.92 Å². The van der Waals surface area contributed by atoms with Crippen LogP contribution in [-0.2, 0) is 0 Å². The highest BCUT2D eigenvalue weighted by molar-refractivity contribution is 5.32.